The number of hydrogen-bond acceptors (Lipinski definition) is 3. The zero-order valence-electron chi connectivity index (χ0n) is 11.9. The summed E-state index contributed by atoms with van der Waals surface area (Å²) < 4.78 is 0. The zero-order chi connectivity index (χ0) is 14.9. The predicted octanol–water partition coefficient (Wildman–Crippen LogP) is 1.85. The number of amides is 1. The highest BCUT2D eigenvalue weighted by Crippen LogP contribution is 2.29. The molecule has 112 valence electrons. The Bertz CT molecular complexity index is 710. The van der Waals surface area contributed by atoms with Crippen molar-refractivity contribution in [1.82, 2.24) is 9.97 Å². The Labute approximate surface area is 122 Å². The number of aromatic nitrogens is 2. The molecule has 0 radical (unpaired) electrons. The Hall–Kier alpha value is -2.08. The van der Waals surface area contributed by atoms with Crippen molar-refractivity contribution >= 4 is 22.6 Å². The first-order valence-electron chi connectivity index (χ1n) is 7.35. The molecule has 1 aromatic carbocycles. The summed E-state index contributed by atoms with van der Waals surface area (Å²) in [6, 6.07) is 5.28. The Morgan fingerprint density at radius 1 is 1.19 bits per heavy atom. The number of rotatable bonds is 3. The van der Waals surface area contributed by atoms with Gasteiger partial charge in [-0.05, 0) is 31.0 Å². The van der Waals surface area contributed by atoms with E-state index in [2.05, 4.69) is 15.3 Å². The van der Waals surface area contributed by atoms with E-state index in [-0.39, 0.29) is 17.1 Å². The maximum atomic E-state index is 12.2. The van der Waals surface area contributed by atoms with Gasteiger partial charge < -0.3 is 21.0 Å². The number of imidazole rings is 1. The second kappa shape index (κ2) is 5.37. The maximum absolute atomic E-state index is 12.2. The molecule has 1 fully saturated rings. The van der Waals surface area contributed by atoms with Crippen LogP contribution in [-0.4, -0.2) is 21.4 Å². The van der Waals surface area contributed by atoms with Crippen LogP contribution >= 0.6 is 0 Å². The molecule has 1 aromatic heterocycles. The van der Waals surface area contributed by atoms with E-state index in [1.165, 1.54) is 6.42 Å². The van der Waals surface area contributed by atoms with Gasteiger partial charge in [0.15, 0.2) is 0 Å². The smallest absolute Gasteiger partial charge is 0.323 e. The van der Waals surface area contributed by atoms with Gasteiger partial charge in [-0.2, -0.15) is 0 Å². The van der Waals surface area contributed by atoms with Crippen LogP contribution in [0.3, 0.4) is 0 Å². The van der Waals surface area contributed by atoms with Crippen LogP contribution in [0.5, 0.6) is 0 Å². The first-order chi connectivity index (χ1) is 10.0. The number of benzene rings is 1. The van der Waals surface area contributed by atoms with Gasteiger partial charge in [-0.3, -0.25) is 4.79 Å². The van der Waals surface area contributed by atoms with Crippen LogP contribution in [0, 0.1) is 0 Å². The number of anilines is 1. The molecule has 0 spiro atoms. The number of nitrogens with one attached hydrogen (secondary N) is 3. The zero-order valence-corrected chi connectivity index (χ0v) is 11.9. The number of carbonyl (C=O) groups excluding carboxylic acids is 1. The molecule has 21 heavy (non-hydrogen) atoms. The number of aromatic amines is 2. The molecule has 1 aliphatic carbocycles. The van der Waals surface area contributed by atoms with Crippen LogP contribution in [0.15, 0.2) is 23.0 Å². The van der Waals surface area contributed by atoms with E-state index in [0.29, 0.717) is 17.6 Å². The molecule has 3 rings (SSSR count). The number of H-pyrrole nitrogens is 2. The van der Waals surface area contributed by atoms with E-state index in [4.69, 9.17) is 5.73 Å². The minimum absolute atomic E-state index is 0.0726. The van der Waals surface area contributed by atoms with Gasteiger partial charge in [-0.15, -0.1) is 0 Å². The lowest BCUT2D eigenvalue weighted by Gasteiger charge is -2.32. The van der Waals surface area contributed by atoms with Crippen molar-refractivity contribution in [2.45, 2.75) is 44.1 Å². The Balaban J connectivity index is 1.69. The van der Waals surface area contributed by atoms with Crippen molar-refractivity contribution in [3.05, 3.63) is 28.7 Å². The van der Waals surface area contributed by atoms with Crippen molar-refractivity contribution in [3.8, 4) is 0 Å². The van der Waals surface area contributed by atoms with E-state index in [9.17, 15) is 9.59 Å². The van der Waals surface area contributed by atoms with Crippen LogP contribution in [0.4, 0.5) is 5.69 Å². The molecule has 5 N–H and O–H groups in total. The van der Waals surface area contributed by atoms with Crippen molar-refractivity contribution in [2.24, 2.45) is 5.73 Å². The third-order valence-electron chi connectivity index (χ3n) is 4.16. The predicted molar refractivity (Wildman–Crippen MR) is 82.2 cm³/mol. The maximum Gasteiger partial charge on any atom is 0.323 e. The van der Waals surface area contributed by atoms with Crippen LogP contribution < -0.4 is 16.7 Å². The highest BCUT2D eigenvalue weighted by atomic mass is 16.1. The van der Waals surface area contributed by atoms with Gasteiger partial charge in [-0.25, -0.2) is 4.79 Å². The fourth-order valence-corrected chi connectivity index (χ4v) is 3.07. The monoisotopic (exact) mass is 288 g/mol. The summed E-state index contributed by atoms with van der Waals surface area (Å²) in [5.74, 6) is -0.0726. The molecule has 1 amide bonds. The SMILES string of the molecule is NC1(CC(=O)Nc2ccc3[nH]c(=O)[nH]c3c2)CCCCC1. The number of fused-ring (bicyclic) bond motifs is 1. The Morgan fingerprint density at radius 3 is 2.67 bits per heavy atom. The minimum Gasteiger partial charge on any atom is -0.326 e. The third kappa shape index (κ3) is 3.16. The van der Waals surface area contributed by atoms with Crippen molar-refractivity contribution < 1.29 is 4.79 Å². The molecular weight excluding hydrogens is 268 g/mol. The van der Waals surface area contributed by atoms with Gasteiger partial charge in [-0.1, -0.05) is 19.3 Å². The summed E-state index contributed by atoms with van der Waals surface area (Å²) in [7, 11) is 0. The second-order valence-electron chi connectivity index (χ2n) is 5.99. The van der Waals surface area contributed by atoms with Crippen molar-refractivity contribution in [3.63, 3.8) is 0 Å². The van der Waals surface area contributed by atoms with Crippen molar-refractivity contribution in [1.29, 1.82) is 0 Å². The lowest BCUT2D eigenvalue weighted by molar-refractivity contribution is -0.117. The summed E-state index contributed by atoms with van der Waals surface area (Å²) >= 11 is 0. The third-order valence-corrected chi connectivity index (χ3v) is 4.16. The normalized spacial score (nSPS) is 17.8. The number of carbonyl (C=O) groups is 1. The van der Waals surface area contributed by atoms with Crippen LogP contribution in [-0.2, 0) is 4.79 Å². The standard InChI is InChI=1S/C15H20N4O2/c16-15(6-2-1-3-7-15)9-13(20)17-10-4-5-11-12(8-10)19-14(21)18-11/h4-5,8H,1-3,6-7,9,16H2,(H,17,20)(H2,18,19,21). The minimum atomic E-state index is -0.366. The molecule has 0 bridgehead atoms. The molecule has 0 saturated heterocycles. The largest absolute Gasteiger partial charge is 0.326 e. The highest BCUT2D eigenvalue weighted by molar-refractivity contribution is 5.93. The highest BCUT2D eigenvalue weighted by Gasteiger charge is 2.29. The first kappa shape index (κ1) is 13.9. The van der Waals surface area contributed by atoms with E-state index >= 15 is 0 Å². The molecule has 1 aliphatic rings. The molecule has 0 aliphatic heterocycles. The summed E-state index contributed by atoms with van der Waals surface area (Å²) in [5.41, 5.74) is 7.74. The summed E-state index contributed by atoms with van der Waals surface area (Å²) in [6.07, 6.45) is 5.56. The van der Waals surface area contributed by atoms with Gasteiger partial charge >= 0.3 is 5.69 Å². The summed E-state index contributed by atoms with van der Waals surface area (Å²) in [5, 5.41) is 2.86. The quantitative estimate of drug-likeness (QED) is 0.692. The molecule has 1 saturated carbocycles. The average molecular weight is 288 g/mol. The van der Waals surface area contributed by atoms with Gasteiger partial charge in [0.25, 0.3) is 0 Å². The lowest BCUT2D eigenvalue weighted by atomic mass is 9.80. The summed E-state index contributed by atoms with van der Waals surface area (Å²) in [6.45, 7) is 0. The van der Waals surface area contributed by atoms with Crippen LogP contribution in [0.25, 0.3) is 11.0 Å². The fraction of sp³-hybridized carbons (Fsp3) is 0.467. The summed E-state index contributed by atoms with van der Waals surface area (Å²) in [4.78, 5) is 28.7. The van der Waals surface area contributed by atoms with E-state index < -0.39 is 0 Å². The first-order valence-corrected chi connectivity index (χ1v) is 7.35. The molecule has 6 heteroatoms. The van der Waals surface area contributed by atoms with Crippen molar-refractivity contribution in [2.75, 3.05) is 5.32 Å². The van der Waals surface area contributed by atoms with Gasteiger partial charge in [0, 0.05) is 17.6 Å². The molecule has 6 nitrogen and oxygen atoms in total. The van der Waals surface area contributed by atoms with Gasteiger partial charge in [0.1, 0.15) is 0 Å². The molecule has 0 unspecified atom stereocenters. The number of nitrogens with two attached hydrogens (primary N) is 1. The lowest BCUT2D eigenvalue weighted by Crippen LogP contribution is -2.44. The molecule has 0 atom stereocenters. The fourth-order valence-electron chi connectivity index (χ4n) is 3.07. The Morgan fingerprint density at radius 2 is 1.90 bits per heavy atom. The van der Waals surface area contributed by atoms with Crippen LogP contribution in [0.1, 0.15) is 38.5 Å². The van der Waals surface area contributed by atoms with E-state index in [1.807, 2.05) is 0 Å². The van der Waals surface area contributed by atoms with Crippen LogP contribution in [0.2, 0.25) is 0 Å². The topological polar surface area (TPSA) is 104 Å². The van der Waals surface area contributed by atoms with Gasteiger partial charge in [0.05, 0.1) is 11.0 Å². The van der Waals surface area contributed by atoms with E-state index in [0.717, 1.165) is 31.2 Å². The Kier molecular flexibility index (Phi) is 3.55. The molecule has 2 aromatic rings. The molecular formula is C15H20N4O2. The molecule has 1 heterocycles. The second-order valence-corrected chi connectivity index (χ2v) is 5.99. The van der Waals surface area contributed by atoms with Gasteiger partial charge in [0.2, 0.25) is 5.91 Å². The number of hydrogen-bond donors (Lipinski definition) is 4. The van der Waals surface area contributed by atoms with E-state index in [1.54, 1.807) is 18.2 Å². The average Bonchev–Trinajstić information content (AvgIpc) is 2.78.